The van der Waals surface area contributed by atoms with Crippen molar-refractivity contribution >= 4 is 29.0 Å². The molecule has 186 valence electrons. The number of carbonyl (C=O) groups is 1. The number of morpholine rings is 1. The van der Waals surface area contributed by atoms with Gasteiger partial charge in [0.1, 0.15) is 5.82 Å². The number of pyridine rings is 1. The molecule has 37 heavy (non-hydrogen) atoms. The first-order chi connectivity index (χ1) is 18.2. The number of halogens is 1. The summed E-state index contributed by atoms with van der Waals surface area (Å²) in [6.45, 7) is 2.20. The van der Waals surface area contributed by atoms with Crippen molar-refractivity contribution in [2.75, 3.05) is 41.8 Å². The van der Waals surface area contributed by atoms with Gasteiger partial charge in [-0.2, -0.15) is 0 Å². The monoisotopic (exact) mass is 499 g/mol. The first-order valence-corrected chi connectivity index (χ1v) is 11.8. The average Bonchev–Trinajstić information content (AvgIpc) is 3.35. The van der Waals surface area contributed by atoms with E-state index >= 15 is 0 Å². The lowest BCUT2D eigenvalue weighted by Gasteiger charge is -2.29. The number of anilines is 3. The molecule has 4 heterocycles. The molecule has 2 aromatic carbocycles. The molecule has 4 aromatic rings. The molecular formula is C26H22FN7O3. The van der Waals surface area contributed by atoms with Gasteiger partial charge in [0, 0.05) is 30.3 Å². The van der Waals surface area contributed by atoms with E-state index in [0.717, 1.165) is 17.3 Å². The number of aliphatic imine (C=N–C) groups is 1. The lowest BCUT2D eigenvalue weighted by molar-refractivity contribution is -0.116. The van der Waals surface area contributed by atoms with Gasteiger partial charge < -0.3 is 24.7 Å². The van der Waals surface area contributed by atoms with E-state index < -0.39 is 12.0 Å². The van der Waals surface area contributed by atoms with Crippen LogP contribution in [0.1, 0.15) is 11.1 Å². The molecule has 0 unspecified atom stereocenters. The van der Waals surface area contributed by atoms with Gasteiger partial charge in [0.2, 0.25) is 6.17 Å². The van der Waals surface area contributed by atoms with Gasteiger partial charge in [-0.15, -0.1) is 5.10 Å². The van der Waals surface area contributed by atoms with E-state index in [-0.39, 0.29) is 17.8 Å². The van der Waals surface area contributed by atoms with Crippen molar-refractivity contribution in [3.05, 3.63) is 83.8 Å². The standard InChI is InChI=1S/C26H22FN7O3/c27-17-14-20(34-10-12-36-13-11-34)22(28-15-17)25-32-33-26(37-25)31-23-24(35)29-19-9-5-4-8-18(19)21(30-23)16-6-2-1-3-7-16/h1-9,14-15,23H,10-13H2,(H,29,35)(H,31,33)/t23-/m1/s1. The summed E-state index contributed by atoms with van der Waals surface area (Å²) < 4.78 is 25.3. The van der Waals surface area contributed by atoms with Crippen molar-refractivity contribution in [2.24, 2.45) is 4.99 Å². The van der Waals surface area contributed by atoms with Crippen molar-refractivity contribution < 1.29 is 18.3 Å². The number of para-hydroxylation sites is 1. The zero-order valence-electron chi connectivity index (χ0n) is 19.6. The number of rotatable bonds is 5. The summed E-state index contributed by atoms with van der Waals surface area (Å²) in [5.41, 5.74) is 3.82. The van der Waals surface area contributed by atoms with E-state index in [1.54, 1.807) is 0 Å². The van der Waals surface area contributed by atoms with E-state index in [9.17, 15) is 9.18 Å². The van der Waals surface area contributed by atoms with Crippen LogP contribution in [0.5, 0.6) is 0 Å². The number of ether oxygens (including phenoxy) is 1. The first-order valence-electron chi connectivity index (χ1n) is 11.8. The normalized spacial score (nSPS) is 17.4. The first kappa shape index (κ1) is 22.8. The fourth-order valence-electron chi connectivity index (χ4n) is 4.31. The molecule has 1 atom stereocenters. The smallest absolute Gasteiger partial charge is 0.317 e. The van der Waals surface area contributed by atoms with Crippen molar-refractivity contribution in [3.8, 4) is 11.6 Å². The minimum absolute atomic E-state index is 0.0173. The van der Waals surface area contributed by atoms with Crippen LogP contribution in [0.15, 0.2) is 76.3 Å². The number of aromatic nitrogens is 3. The predicted octanol–water partition coefficient (Wildman–Crippen LogP) is 3.34. The molecular weight excluding hydrogens is 477 g/mol. The third kappa shape index (κ3) is 4.64. The zero-order valence-corrected chi connectivity index (χ0v) is 19.6. The second kappa shape index (κ2) is 9.78. The van der Waals surface area contributed by atoms with Crippen LogP contribution in [0.25, 0.3) is 11.6 Å². The molecule has 10 nitrogen and oxygen atoms in total. The summed E-state index contributed by atoms with van der Waals surface area (Å²) >= 11 is 0. The number of nitrogens with zero attached hydrogens (tertiary/aromatic N) is 5. The summed E-state index contributed by atoms with van der Waals surface area (Å²) in [4.78, 5) is 24.0. The Balaban J connectivity index is 1.32. The number of hydrogen-bond acceptors (Lipinski definition) is 9. The highest BCUT2D eigenvalue weighted by Crippen LogP contribution is 2.31. The van der Waals surface area contributed by atoms with Crippen LogP contribution in [0.4, 0.5) is 21.8 Å². The Kier molecular flexibility index (Phi) is 6.03. The Morgan fingerprint density at radius 2 is 1.81 bits per heavy atom. The highest BCUT2D eigenvalue weighted by molar-refractivity contribution is 6.19. The van der Waals surface area contributed by atoms with Gasteiger partial charge in [0.25, 0.3) is 11.8 Å². The molecule has 1 fully saturated rings. The molecule has 0 bridgehead atoms. The Bertz CT molecular complexity index is 1470. The molecule has 11 heteroatoms. The van der Waals surface area contributed by atoms with Gasteiger partial charge in [0.15, 0.2) is 5.69 Å². The second-order valence-corrected chi connectivity index (χ2v) is 8.46. The average molecular weight is 500 g/mol. The fraction of sp³-hybridized carbons (Fsp3) is 0.192. The van der Waals surface area contributed by atoms with Crippen LogP contribution in [-0.2, 0) is 9.53 Å². The molecule has 2 N–H and O–H groups in total. The number of carbonyl (C=O) groups excluding carboxylic acids is 1. The molecule has 0 radical (unpaired) electrons. The maximum atomic E-state index is 14.0. The molecule has 2 aliphatic heterocycles. The van der Waals surface area contributed by atoms with Crippen molar-refractivity contribution in [3.63, 3.8) is 0 Å². The van der Waals surface area contributed by atoms with Gasteiger partial charge in [-0.3, -0.25) is 4.79 Å². The summed E-state index contributed by atoms with van der Waals surface area (Å²) in [5, 5.41) is 14.0. The number of fused-ring (bicyclic) bond motifs is 1. The van der Waals surface area contributed by atoms with Gasteiger partial charge >= 0.3 is 6.01 Å². The quantitative estimate of drug-likeness (QED) is 0.429. The second-order valence-electron chi connectivity index (χ2n) is 8.46. The summed E-state index contributed by atoms with van der Waals surface area (Å²) in [5.74, 6) is -0.763. The Morgan fingerprint density at radius 1 is 1.03 bits per heavy atom. The SMILES string of the molecule is O=C1Nc2ccccc2C(c2ccccc2)=N[C@@H]1Nc1nnc(-c2ncc(F)cc2N2CCOCC2)o1. The summed E-state index contributed by atoms with van der Waals surface area (Å²) in [6, 6.07) is 18.4. The van der Waals surface area contributed by atoms with Gasteiger partial charge in [-0.1, -0.05) is 53.6 Å². The highest BCUT2D eigenvalue weighted by Gasteiger charge is 2.28. The van der Waals surface area contributed by atoms with Gasteiger partial charge in [0.05, 0.1) is 36.5 Å². The van der Waals surface area contributed by atoms with E-state index in [4.69, 9.17) is 14.1 Å². The van der Waals surface area contributed by atoms with Gasteiger partial charge in [-0.05, 0) is 6.07 Å². The lowest BCUT2D eigenvalue weighted by atomic mass is 10.0. The van der Waals surface area contributed by atoms with Crippen LogP contribution in [0, 0.1) is 5.82 Å². The molecule has 0 saturated carbocycles. The van der Waals surface area contributed by atoms with E-state index in [2.05, 4.69) is 25.8 Å². The van der Waals surface area contributed by atoms with Crippen molar-refractivity contribution in [2.45, 2.75) is 6.17 Å². The topological polar surface area (TPSA) is 118 Å². The van der Waals surface area contributed by atoms with Crippen LogP contribution in [-0.4, -0.2) is 59.3 Å². The molecule has 6 rings (SSSR count). The van der Waals surface area contributed by atoms with Crippen LogP contribution in [0.3, 0.4) is 0 Å². The largest absolute Gasteiger partial charge is 0.402 e. The van der Waals surface area contributed by atoms with Crippen molar-refractivity contribution in [1.82, 2.24) is 15.2 Å². The minimum atomic E-state index is -1.05. The summed E-state index contributed by atoms with van der Waals surface area (Å²) in [7, 11) is 0. The molecule has 1 saturated heterocycles. The molecule has 2 aliphatic rings. The third-order valence-electron chi connectivity index (χ3n) is 6.07. The molecule has 0 spiro atoms. The Hall–Kier alpha value is -4.64. The number of benzodiazepines with no additional fused rings is 1. The fourth-order valence-corrected chi connectivity index (χ4v) is 4.31. The molecule has 0 aliphatic carbocycles. The Morgan fingerprint density at radius 3 is 2.65 bits per heavy atom. The molecule has 2 aromatic heterocycles. The summed E-state index contributed by atoms with van der Waals surface area (Å²) in [6.07, 6.45) is 0.0546. The minimum Gasteiger partial charge on any atom is -0.402 e. The van der Waals surface area contributed by atoms with Crippen LogP contribution < -0.4 is 15.5 Å². The maximum absolute atomic E-state index is 14.0. The highest BCUT2D eigenvalue weighted by atomic mass is 19.1. The number of amides is 1. The van der Waals surface area contributed by atoms with E-state index in [1.165, 1.54) is 6.07 Å². The van der Waals surface area contributed by atoms with Crippen LogP contribution >= 0.6 is 0 Å². The van der Waals surface area contributed by atoms with Crippen molar-refractivity contribution in [1.29, 1.82) is 0 Å². The number of nitrogens with one attached hydrogen (secondary N) is 2. The van der Waals surface area contributed by atoms with E-state index in [1.807, 2.05) is 59.5 Å². The lowest BCUT2D eigenvalue weighted by Crippen LogP contribution is -2.36. The van der Waals surface area contributed by atoms with E-state index in [0.29, 0.717) is 49.1 Å². The third-order valence-corrected chi connectivity index (χ3v) is 6.07. The molecule has 1 amide bonds. The number of benzene rings is 2. The zero-order chi connectivity index (χ0) is 25.2. The maximum Gasteiger partial charge on any atom is 0.317 e. The number of hydrogen-bond donors (Lipinski definition) is 2. The predicted molar refractivity (Wildman–Crippen MR) is 135 cm³/mol. The van der Waals surface area contributed by atoms with Crippen LogP contribution in [0.2, 0.25) is 0 Å². The van der Waals surface area contributed by atoms with Gasteiger partial charge in [-0.25, -0.2) is 14.4 Å². The Labute approximate surface area is 211 Å².